The fraction of sp³-hybridized carbons (Fsp3) is 0.727. The van der Waals surface area contributed by atoms with E-state index in [1.54, 1.807) is 7.11 Å². The number of rotatable bonds is 2. The molecule has 1 heterocycles. The fourth-order valence-corrected chi connectivity index (χ4v) is 0.914. The van der Waals surface area contributed by atoms with Crippen molar-refractivity contribution in [2.45, 2.75) is 48.1 Å². The summed E-state index contributed by atoms with van der Waals surface area (Å²) < 4.78 is 6.98. The molecule has 0 amide bonds. The standard InChI is InChI=1S/C7H12N2O.2C2H6/c1-4-9-5-6(2)8-7(9)10-3;2*1-2/h5H,4H2,1-3H3;2*1-2H3. The van der Waals surface area contributed by atoms with Gasteiger partial charge in [0.2, 0.25) is 0 Å². The maximum Gasteiger partial charge on any atom is 0.296 e. The van der Waals surface area contributed by atoms with Gasteiger partial charge in [-0.15, -0.1) is 0 Å². The van der Waals surface area contributed by atoms with Crippen LogP contribution in [-0.2, 0) is 6.54 Å². The molecular weight excluding hydrogens is 176 g/mol. The highest BCUT2D eigenvalue weighted by molar-refractivity contribution is 5.06. The molecule has 84 valence electrons. The number of hydrogen-bond donors (Lipinski definition) is 0. The van der Waals surface area contributed by atoms with Gasteiger partial charge in [-0.25, -0.2) is 4.98 Å². The van der Waals surface area contributed by atoms with Crippen molar-refractivity contribution >= 4 is 0 Å². The van der Waals surface area contributed by atoms with E-state index in [-0.39, 0.29) is 0 Å². The van der Waals surface area contributed by atoms with Crippen LogP contribution in [0.3, 0.4) is 0 Å². The Morgan fingerprint density at radius 3 is 2.07 bits per heavy atom. The van der Waals surface area contributed by atoms with Crippen LogP contribution in [0.5, 0.6) is 6.01 Å². The SMILES string of the molecule is CC.CC.CCn1cc(C)nc1OC. The van der Waals surface area contributed by atoms with Crippen molar-refractivity contribution in [3.63, 3.8) is 0 Å². The zero-order valence-corrected chi connectivity index (χ0v) is 10.6. The lowest BCUT2D eigenvalue weighted by atomic mass is 10.6. The Balaban J connectivity index is 0. The van der Waals surface area contributed by atoms with Gasteiger partial charge in [0.15, 0.2) is 0 Å². The highest BCUT2D eigenvalue weighted by atomic mass is 16.5. The van der Waals surface area contributed by atoms with Crippen LogP contribution in [0.4, 0.5) is 0 Å². The van der Waals surface area contributed by atoms with Gasteiger partial charge in [0.25, 0.3) is 6.01 Å². The minimum Gasteiger partial charge on any atom is -0.468 e. The van der Waals surface area contributed by atoms with Crippen LogP contribution in [-0.4, -0.2) is 16.7 Å². The van der Waals surface area contributed by atoms with Crippen molar-refractivity contribution in [3.05, 3.63) is 11.9 Å². The predicted octanol–water partition coefficient (Wildman–Crippen LogP) is 3.27. The zero-order valence-electron chi connectivity index (χ0n) is 10.6. The second kappa shape index (κ2) is 10.1. The fourth-order valence-electron chi connectivity index (χ4n) is 0.914. The van der Waals surface area contributed by atoms with Gasteiger partial charge in [-0.1, -0.05) is 27.7 Å². The van der Waals surface area contributed by atoms with E-state index in [0.717, 1.165) is 12.2 Å². The quantitative estimate of drug-likeness (QED) is 0.732. The Kier molecular flexibility index (Phi) is 11.2. The van der Waals surface area contributed by atoms with Crippen LogP contribution in [0.2, 0.25) is 0 Å². The normalized spacial score (nSPS) is 7.93. The van der Waals surface area contributed by atoms with E-state index in [1.807, 2.05) is 45.4 Å². The highest BCUT2D eigenvalue weighted by Gasteiger charge is 2.01. The monoisotopic (exact) mass is 200 g/mol. The molecular formula is C11H24N2O. The third-order valence-corrected chi connectivity index (χ3v) is 1.38. The number of aryl methyl sites for hydroxylation is 2. The van der Waals surface area contributed by atoms with Gasteiger partial charge in [-0.3, -0.25) is 0 Å². The molecule has 0 radical (unpaired) electrons. The molecule has 0 bridgehead atoms. The second-order valence-corrected chi connectivity index (χ2v) is 2.15. The molecule has 0 saturated carbocycles. The second-order valence-electron chi connectivity index (χ2n) is 2.15. The smallest absolute Gasteiger partial charge is 0.296 e. The molecule has 0 spiro atoms. The molecule has 0 aliphatic carbocycles. The Bertz CT molecular complexity index is 198. The summed E-state index contributed by atoms with van der Waals surface area (Å²) in [5, 5.41) is 0. The molecule has 1 aromatic rings. The largest absolute Gasteiger partial charge is 0.468 e. The average Bonchev–Trinajstić information content (AvgIpc) is 2.64. The van der Waals surface area contributed by atoms with Gasteiger partial charge in [0, 0.05) is 12.7 Å². The lowest BCUT2D eigenvalue weighted by Gasteiger charge is -1.99. The number of nitrogens with zero attached hydrogens (tertiary/aromatic N) is 2. The summed E-state index contributed by atoms with van der Waals surface area (Å²) >= 11 is 0. The molecule has 3 nitrogen and oxygen atoms in total. The van der Waals surface area contributed by atoms with E-state index in [4.69, 9.17) is 4.74 Å². The first-order chi connectivity index (χ1) is 6.77. The first kappa shape index (κ1) is 15.5. The minimum atomic E-state index is 0.694. The van der Waals surface area contributed by atoms with Crippen LogP contribution in [0.25, 0.3) is 0 Å². The van der Waals surface area contributed by atoms with E-state index in [2.05, 4.69) is 11.9 Å². The third kappa shape index (κ3) is 4.90. The molecule has 1 aromatic heterocycles. The molecule has 0 unspecified atom stereocenters. The Hall–Kier alpha value is -0.990. The molecule has 0 N–H and O–H groups in total. The molecule has 3 heteroatoms. The van der Waals surface area contributed by atoms with Crippen LogP contribution in [0.1, 0.15) is 40.3 Å². The van der Waals surface area contributed by atoms with E-state index >= 15 is 0 Å². The maximum atomic E-state index is 5.01. The zero-order chi connectivity index (χ0) is 11.6. The molecule has 0 saturated heterocycles. The van der Waals surface area contributed by atoms with E-state index < -0.39 is 0 Å². The molecule has 1 rings (SSSR count). The summed E-state index contributed by atoms with van der Waals surface area (Å²) in [4.78, 5) is 4.14. The third-order valence-electron chi connectivity index (χ3n) is 1.38. The highest BCUT2D eigenvalue weighted by Crippen LogP contribution is 2.08. The van der Waals surface area contributed by atoms with Crippen molar-refractivity contribution in [3.8, 4) is 6.01 Å². The Morgan fingerprint density at radius 2 is 1.79 bits per heavy atom. The van der Waals surface area contributed by atoms with Crippen molar-refractivity contribution < 1.29 is 4.74 Å². The van der Waals surface area contributed by atoms with Crippen LogP contribution >= 0.6 is 0 Å². The summed E-state index contributed by atoms with van der Waals surface area (Å²) in [6.07, 6.45) is 1.97. The van der Waals surface area contributed by atoms with Gasteiger partial charge in [-0.2, -0.15) is 0 Å². The molecule has 0 aromatic carbocycles. The summed E-state index contributed by atoms with van der Waals surface area (Å²) in [7, 11) is 1.63. The van der Waals surface area contributed by atoms with Crippen LogP contribution in [0, 0.1) is 6.92 Å². The topological polar surface area (TPSA) is 27.1 Å². The molecule has 0 atom stereocenters. The summed E-state index contributed by atoms with van der Waals surface area (Å²) in [5.41, 5.74) is 0.999. The first-order valence-corrected chi connectivity index (χ1v) is 5.35. The van der Waals surface area contributed by atoms with Crippen molar-refractivity contribution in [1.82, 2.24) is 9.55 Å². The van der Waals surface area contributed by atoms with Gasteiger partial charge in [0.05, 0.1) is 12.8 Å². The molecule has 14 heavy (non-hydrogen) atoms. The summed E-state index contributed by atoms with van der Waals surface area (Å²) in [6, 6.07) is 0.694. The van der Waals surface area contributed by atoms with Gasteiger partial charge in [-0.05, 0) is 13.8 Å². The lowest BCUT2D eigenvalue weighted by molar-refractivity contribution is 0.359. The van der Waals surface area contributed by atoms with Crippen molar-refractivity contribution in [2.24, 2.45) is 0 Å². The van der Waals surface area contributed by atoms with Crippen LogP contribution in [0.15, 0.2) is 6.20 Å². The van der Waals surface area contributed by atoms with Crippen LogP contribution < -0.4 is 4.74 Å². The number of methoxy groups -OCH3 is 1. The van der Waals surface area contributed by atoms with Gasteiger partial charge < -0.3 is 9.30 Å². The number of ether oxygens (including phenoxy) is 1. The van der Waals surface area contributed by atoms with E-state index in [9.17, 15) is 0 Å². The molecule has 0 fully saturated rings. The van der Waals surface area contributed by atoms with E-state index in [1.165, 1.54) is 0 Å². The van der Waals surface area contributed by atoms with Crippen molar-refractivity contribution in [2.75, 3.05) is 7.11 Å². The first-order valence-electron chi connectivity index (χ1n) is 5.35. The van der Waals surface area contributed by atoms with Crippen molar-refractivity contribution in [1.29, 1.82) is 0 Å². The Morgan fingerprint density at radius 1 is 1.29 bits per heavy atom. The van der Waals surface area contributed by atoms with Gasteiger partial charge >= 0.3 is 0 Å². The molecule has 0 aliphatic heterocycles. The average molecular weight is 200 g/mol. The minimum absolute atomic E-state index is 0.694. The van der Waals surface area contributed by atoms with Gasteiger partial charge in [0.1, 0.15) is 0 Å². The summed E-state index contributed by atoms with van der Waals surface area (Å²) in [6.45, 7) is 12.9. The lowest BCUT2D eigenvalue weighted by Crippen LogP contribution is -1.96. The maximum absolute atomic E-state index is 5.01. The number of hydrogen-bond acceptors (Lipinski definition) is 2. The summed E-state index contributed by atoms with van der Waals surface area (Å²) in [5.74, 6) is 0. The number of aromatic nitrogens is 2. The molecule has 0 aliphatic rings. The predicted molar refractivity (Wildman–Crippen MR) is 61.9 cm³/mol. The van der Waals surface area contributed by atoms with E-state index in [0.29, 0.717) is 6.01 Å². The number of imidazole rings is 1. The Labute approximate surface area is 88.1 Å².